The number of carbonyl (C=O) groups is 1. The Morgan fingerprint density at radius 2 is 2.38 bits per heavy atom. The first kappa shape index (κ1) is 9.24. The molecule has 6 heteroatoms. The minimum atomic E-state index is -1.20. The lowest BCUT2D eigenvalue weighted by Crippen LogP contribution is -2.04. The zero-order valence-electron chi connectivity index (χ0n) is 6.94. The fourth-order valence-electron chi connectivity index (χ4n) is 0.939. The lowest BCUT2D eigenvalue weighted by Gasteiger charge is -1.97. The quantitative estimate of drug-likeness (QED) is 0.647. The van der Waals surface area contributed by atoms with Gasteiger partial charge in [-0.1, -0.05) is 0 Å². The summed E-state index contributed by atoms with van der Waals surface area (Å²) in [6, 6.07) is 0. The van der Waals surface area contributed by atoms with Crippen molar-refractivity contribution in [2.24, 2.45) is 7.05 Å². The van der Waals surface area contributed by atoms with E-state index in [4.69, 9.17) is 10.8 Å². The topological polar surface area (TPSA) is 98.2 Å². The molecular formula is C7H8N3O3. The number of hydrogen-bond donors (Lipinski definition) is 2. The van der Waals surface area contributed by atoms with Crippen molar-refractivity contribution in [3.05, 3.63) is 11.5 Å². The number of carboxylic acid groups (broad SMARTS) is 1. The summed E-state index contributed by atoms with van der Waals surface area (Å²) in [4.78, 5) is 24.3. The Kier molecular flexibility index (Phi) is 2.32. The number of imidazole rings is 1. The van der Waals surface area contributed by atoms with Crippen molar-refractivity contribution in [3.63, 3.8) is 0 Å². The number of carboxylic acids is 1. The van der Waals surface area contributed by atoms with E-state index in [1.54, 1.807) is 13.3 Å². The second-order valence-corrected chi connectivity index (χ2v) is 2.45. The Bertz CT molecular complexity index is 356. The van der Waals surface area contributed by atoms with Crippen LogP contribution in [0.1, 0.15) is 16.3 Å². The number of anilines is 1. The molecule has 6 nitrogen and oxygen atoms in total. The molecule has 0 spiro atoms. The van der Waals surface area contributed by atoms with Gasteiger partial charge in [0.2, 0.25) is 6.29 Å². The summed E-state index contributed by atoms with van der Waals surface area (Å²) in [5.41, 5.74) is 5.20. The lowest BCUT2D eigenvalue weighted by molar-refractivity contribution is 0.0692. The maximum Gasteiger partial charge on any atom is 0.358 e. The van der Waals surface area contributed by atoms with Crippen LogP contribution in [0.25, 0.3) is 0 Å². The predicted octanol–water partition coefficient (Wildman–Crippen LogP) is -0.647. The van der Waals surface area contributed by atoms with Gasteiger partial charge in [0.25, 0.3) is 0 Å². The Balaban J connectivity index is 3.19. The zero-order chi connectivity index (χ0) is 10.0. The fourth-order valence-corrected chi connectivity index (χ4v) is 0.939. The van der Waals surface area contributed by atoms with Gasteiger partial charge in [-0.05, 0) is 0 Å². The molecule has 1 aromatic heterocycles. The molecule has 1 rings (SSSR count). The predicted molar refractivity (Wildman–Crippen MR) is 44.0 cm³/mol. The number of aromatic carboxylic acids is 1. The molecule has 69 valence electrons. The van der Waals surface area contributed by atoms with Crippen LogP contribution in [-0.2, 0) is 18.3 Å². The molecule has 0 fully saturated rings. The summed E-state index contributed by atoms with van der Waals surface area (Å²) in [5, 5.41) is 8.62. The number of aromatic nitrogens is 2. The van der Waals surface area contributed by atoms with E-state index in [9.17, 15) is 9.59 Å². The molecule has 0 aliphatic carbocycles. The second-order valence-electron chi connectivity index (χ2n) is 2.45. The van der Waals surface area contributed by atoms with Crippen molar-refractivity contribution in [1.29, 1.82) is 0 Å². The van der Waals surface area contributed by atoms with Crippen LogP contribution in [0.2, 0.25) is 0 Å². The van der Waals surface area contributed by atoms with E-state index in [0.717, 1.165) is 0 Å². The molecule has 1 radical (unpaired) electrons. The highest BCUT2D eigenvalue weighted by molar-refractivity contribution is 5.90. The van der Waals surface area contributed by atoms with E-state index in [1.165, 1.54) is 4.57 Å². The van der Waals surface area contributed by atoms with Gasteiger partial charge in [0.15, 0.2) is 5.69 Å². The van der Waals surface area contributed by atoms with Crippen molar-refractivity contribution in [2.45, 2.75) is 6.42 Å². The summed E-state index contributed by atoms with van der Waals surface area (Å²) in [5.74, 6) is -0.868. The number of rotatable bonds is 3. The number of hydrogen-bond acceptors (Lipinski definition) is 4. The first-order valence-electron chi connectivity index (χ1n) is 3.47. The van der Waals surface area contributed by atoms with Gasteiger partial charge < -0.3 is 15.4 Å². The summed E-state index contributed by atoms with van der Waals surface area (Å²) in [6.45, 7) is 0. The molecule has 0 amide bonds. The van der Waals surface area contributed by atoms with Crippen LogP contribution >= 0.6 is 0 Å². The van der Waals surface area contributed by atoms with Gasteiger partial charge in [0.05, 0.1) is 6.42 Å². The molecule has 0 aromatic carbocycles. The van der Waals surface area contributed by atoms with Gasteiger partial charge in [-0.3, -0.25) is 4.79 Å². The van der Waals surface area contributed by atoms with Crippen LogP contribution < -0.4 is 5.73 Å². The first-order valence-corrected chi connectivity index (χ1v) is 3.47. The smallest absolute Gasteiger partial charge is 0.358 e. The van der Waals surface area contributed by atoms with Crippen LogP contribution in [0.3, 0.4) is 0 Å². The Morgan fingerprint density at radius 3 is 2.77 bits per heavy atom. The average Bonchev–Trinajstić information content (AvgIpc) is 2.33. The third-order valence-electron chi connectivity index (χ3n) is 1.66. The summed E-state index contributed by atoms with van der Waals surface area (Å²) in [7, 11) is 1.54. The normalized spacial score (nSPS) is 9.92. The molecule has 13 heavy (non-hydrogen) atoms. The van der Waals surface area contributed by atoms with Gasteiger partial charge in [0, 0.05) is 7.05 Å². The highest BCUT2D eigenvalue weighted by Gasteiger charge is 2.17. The van der Waals surface area contributed by atoms with E-state index in [-0.39, 0.29) is 17.9 Å². The van der Waals surface area contributed by atoms with Crippen LogP contribution in [0.5, 0.6) is 0 Å². The molecule has 0 saturated carbocycles. The molecule has 0 bridgehead atoms. The van der Waals surface area contributed by atoms with Gasteiger partial charge in [-0.25, -0.2) is 9.78 Å². The average molecular weight is 182 g/mol. The third kappa shape index (κ3) is 1.51. The second kappa shape index (κ2) is 3.26. The van der Waals surface area contributed by atoms with Crippen molar-refractivity contribution in [1.82, 2.24) is 9.55 Å². The first-order chi connectivity index (χ1) is 6.07. The Morgan fingerprint density at radius 1 is 1.77 bits per heavy atom. The number of carbonyl (C=O) groups excluding carboxylic acids is 1. The van der Waals surface area contributed by atoms with Crippen LogP contribution in [0.15, 0.2) is 0 Å². The van der Waals surface area contributed by atoms with Gasteiger partial charge in [-0.2, -0.15) is 0 Å². The highest BCUT2D eigenvalue weighted by atomic mass is 16.4. The summed E-state index contributed by atoms with van der Waals surface area (Å²) in [6.07, 6.45) is 1.56. The van der Waals surface area contributed by atoms with E-state index < -0.39 is 5.97 Å². The molecular weight excluding hydrogens is 174 g/mol. The standard InChI is InChI=1S/C7H8N3O3/c1-10-4(2-3-11)9-5(6(10)8)7(12)13/h2,8H2,1H3,(H,12,13). The van der Waals surface area contributed by atoms with E-state index in [0.29, 0.717) is 5.82 Å². The molecule has 0 aliphatic rings. The van der Waals surface area contributed by atoms with Crippen LogP contribution in [-0.4, -0.2) is 26.9 Å². The Hall–Kier alpha value is -1.85. The number of nitrogens with two attached hydrogens (primary N) is 1. The maximum atomic E-state index is 10.5. The molecule has 1 heterocycles. The lowest BCUT2D eigenvalue weighted by atomic mass is 10.4. The Labute approximate surface area is 74.0 Å². The maximum absolute atomic E-state index is 10.5. The van der Waals surface area contributed by atoms with Gasteiger partial charge >= 0.3 is 5.97 Å². The van der Waals surface area contributed by atoms with Gasteiger partial charge in [0.1, 0.15) is 11.6 Å². The van der Waals surface area contributed by atoms with Crippen LogP contribution in [0.4, 0.5) is 5.82 Å². The van der Waals surface area contributed by atoms with Crippen molar-refractivity contribution in [2.75, 3.05) is 5.73 Å². The summed E-state index contributed by atoms with van der Waals surface area (Å²) < 4.78 is 1.36. The molecule has 0 atom stereocenters. The molecule has 0 saturated heterocycles. The molecule has 0 unspecified atom stereocenters. The van der Waals surface area contributed by atoms with Crippen molar-refractivity contribution >= 4 is 18.1 Å². The third-order valence-corrected chi connectivity index (χ3v) is 1.66. The van der Waals surface area contributed by atoms with Gasteiger partial charge in [-0.15, -0.1) is 0 Å². The number of nitrogen functional groups attached to an aromatic ring is 1. The summed E-state index contributed by atoms with van der Waals surface area (Å²) >= 11 is 0. The molecule has 0 aliphatic heterocycles. The monoisotopic (exact) mass is 182 g/mol. The minimum Gasteiger partial charge on any atom is -0.476 e. The fraction of sp³-hybridized carbons (Fsp3) is 0.286. The molecule has 1 aromatic rings. The SMILES string of the molecule is Cn1c(C[C]=O)nc(C(=O)O)c1N. The minimum absolute atomic E-state index is 0.0396. The zero-order valence-corrected chi connectivity index (χ0v) is 6.94. The van der Waals surface area contributed by atoms with Crippen LogP contribution in [0, 0.1) is 0 Å². The van der Waals surface area contributed by atoms with E-state index in [1.807, 2.05) is 0 Å². The number of nitrogens with zero attached hydrogens (tertiary/aromatic N) is 2. The molecule has 3 N–H and O–H groups in total. The van der Waals surface area contributed by atoms with Crippen molar-refractivity contribution in [3.8, 4) is 0 Å². The highest BCUT2D eigenvalue weighted by Crippen LogP contribution is 2.12. The van der Waals surface area contributed by atoms with E-state index >= 15 is 0 Å². The largest absolute Gasteiger partial charge is 0.476 e. The van der Waals surface area contributed by atoms with Crippen molar-refractivity contribution < 1.29 is 14.7 Å². The van der Waals surface area contributed by atoms with E-state index in [2.05, 4.69) is 4.98 Å².